The Hall–Kier alpha value is -8.10. The second-order valence-electron chi connectivity index (χ2n) is 20.1. The van der Waals surface area contributed by atoms with Crippen molar-refractivity contribution in [2.45, 2.75) is 91.4 Å². The van der Waals surface area contributed by atoms with Crippen LogP contribution in [0.25, 0.3) is 44.1 Å². The number of ether oxygens (including phenoxy) is 2. The highest BCUT2D eigenvalue weighted by atomic mass is 35.5. The minimum atomic E-state index is -1.04. The van der Waals surface area contributed by atoms with E-state index in [0.717, 1.165) is 59.4 Å². The lowest BCUT2D eigenvalue weighted by Crippen LogP contribution is -2.27. The van der Waals surface area contributed by atoms with E-state index in [2.05, 4.69) is 19.9 Å². The average Bonchev–Trinajstić information content (AvgIpc) is 4.13. The fourth-order valence-corrected chi connectivity index (χ4v) is 9.48. The number of aliphatic hydroxyl groups excluding tert-OH is 1. The minimum Gasteiger partial charge on any atom is -0.460 e. The molecule has 416 valence electrons. The largest absolute Gasteiger partial charge is 0.460 e. The van der Waals surface area contributed by atoms with Gasteiger partial charge in [0.15, 0.2) is 23.3 Å². The molecule has 8 aromatic rings. The predicted octanol–water partition coefficient (Wildman–Crippen LogP) is 10.7. The van der Waals surface area contributed by atoms with Crippen molar-refractivity contribution in [1.82, 2.24) is 29.7 Å². The molecular weight excluding hydrogens is 1050 g/mol. The van der Waals surface area contributed by atoms with Gasteiger partial charge in [0.1, 0.15) is 17.0 Å². The quantitative estimate of drug-likeness (QED) is 0.0344. The van der Waals surface area contributed by atoms with Crippen LogP contribution in [0.1, 0.15) is 101 Å². The summed E-state index contributed by atoms with van der Waals surface area (Å²) in [4.78, 5) is 58.3. The van der Waals surface area contributed by atoms with Gasteiger partial charge in [0.25, 0.3) is 11.8 Å². The molecule has 0 spiro atoms. The first kappa shape index (κ1) is 58.1. The number of aliphatic hydroxyl groups is 1. The van der Waals surface area contributed by atoms with E-state index in [9.17, 15) is 37.1 Å². The number of anilines is 2. The number of esters is 1. The van der Waals surface area contributed by atoms with Crippen LogP contribution >= 0.6 is 11.6 Å². The number of fused-ring (bicyclic) bond motifs is 4. The first-order valence-electron chi connectivity index (χ1n) is 25.8. The number of benzene rings is 6. The SMILES string of the molecule is CC(C)(C)OC(=O)CCCCCl.NCCCOCc1cc(F)c(F)cc1-c1ccc2nc(N)nc(C(=O)N3Cc4ccccc4C3)c2c1.Nc1nc(C(=O)N2Cc3ccccc3C2)c2cc(-c3cc(F)c(F)cc3CO)ccc2n1. The highest BCUT2D eigenvalue weighted by Gasteiger charge is 2.29. The van der Waals surface area contributed by atoms with Crippen molar-refractivity contribution < 1.29 is 46.5 Å². The Morgan fingerprint density at radius 3 is 1.48 bits per heavy atom. The zero-order valence-corrected chi connectivity index (χ0v) is 45.1. The summed E-state index contributed by atoms with van der Waals surface area (Å²) in [7, 11) is 0. The van der Waals surface area contributed by atoms with E-state index < -0.39 is 29.9 Å². The topological polar surface area (TPSA) is 226 Å². The summed E-state index contributed by atoms with van der Waals surface area (Å²) in [5.74, 6) is -4.16. The molecule has 7 N–H and O–H groups in total. The third kappa shape index (κ3) is 14.0. The zero-order valence-electron chi connectivity index (χ0n) is 44.4. The molecule has 0 atom stereocenters. The van der Waals surface area contributed by atoms with Crippen LogP contribution in [0.2, 0.25) is 0 Å². The first-order chi connectivity index (χ1) is 38.3. The summed E-state index contributed by atoms with van der Waals surface area (Å²) in [5.41, 5.74) is 25.0. The number of hydrogen-bond acceptors (Lipinski definition) is 13. The van der Waals surface area contributed by atoms with Gasteiger partial charge < -0.3 is 41.6 Å². The number of nitrogen functional groups attached to an aromatic ring is 2. The summed E-state index contributed by atoms with van der Waals surface area (Å²) < 4.78 is 66.6. The van der Waals surface area contributed by atoms with Crippen molar-refractivity contribution >= 4 is 63.1 Å². The molecule has 2 aliphatic heterocycles. The highest BCUT2D eigenvalue weighted by Crippen LogP contribution is 2.34. The molecule has 0 fully saturated rings. The van der Waals surface area contributed by atoms with Crippen LogP contribution in [-0.4, -0.2) is 77.3 Å². The molecule has 0 radical (unpaired) electrons. The maximum absolute atomic E-state index is 14.3. The van der Waals surface area contributed by atoms with Gasteiger partial charge in [-0.1, -0.05) is 60.7 Å². The van der Waals surface area contributed by atoms with Crippen molar-refractivity contribution in [3.63, 3.8) is 0 Å². The van der Waals surface area contributed by atoms with E-state index in [1.807, 2.05) is 69.3 Å². The molecule has 0 bridgehead atoms. The van der Waals surface area contributed by atoms with Gasteiger partial charge in [-0.2, -0.15) is 0 Å². The normalized spacial score (nSPS) is 12.6. The van der Waals surface area contributed by atoms with E-state index in [1.165, 1.54) is 0 Å². The predicted molar refractivity (Wildman–Crippen MR) is 298 cm³/mol. The molecule has 20 heteroatoms. The molecule has 4 heterocycles. The maximum Gasteiger partial charge on any atom is 0.306 e. The van der Waals surface area contributed by atoms with Crippen molar-refractivity contribution in [3.05, 3.63) is 177 Å². The second kappa shape index (κ2) is 25.8. The first-order valence-corrected chi connectivity index (χ1v) is 26.4. The number of aromatic nitrogens is 4. The van der Waals surface area contributed by atoms with Crippen molar-refractivity contribution in [2.75, 3.05) is 30.5 Å². The van der Waals surface area contributed by atoms with E-state index in [0.29, 0.717) is 108 Å². The monoisotopic (exact) mass is 1110 g/mol. The Morgan fingerprint density at radius 1 is 0.613 bits per heavy atom. The summed E-state index contributed by atoms with van der Waals surface area (Å²) in [6.45, 7) is 7.93. The summed E-state index contributed by atoms with van der Waals surface area (Å²) in [6.07, 6.45) is 2.82. The lowest BCUT2D eigenvalue weighted by atomic mass is 9.97. The Balaban J connectivity index is 0.000000176. The third-order valence-corrected chi connectivity index (χ3v) is 13.4. The van der Waals surface area contributed by atoms with Gasteiger partial charge in [-0.05, 0) is 151 Å². The van der Waals surface area contributed by atoms with E-state index in [1.54, 1.807) is 46.2 Å². The fourth-order valence-electron chi connectivity index (χ4n) is 9.29. The Kier molecular flexibility index (Phi) is 18.7. The summed E-state index contributed by atoms with van der Waals surface area (Å²) in [6, 6.07) is 30.0. The van der Waals surface area contributed by atoms with Gasteiger partial charge in [0.2, 0.25) is 11.9 Å². The van der Waals surface area contributed by atoms with Crippen molar-refractivity contribution in [2.24, 2.45) is 5.73 Å². The van der Waals surface area contributed by atoms with E-state index >= 15 is 0 Å². The van der Waals surface area contributed by atoms with Gasteiger partial charge in [0.05, 0.1) is 24.2 Å². The summed E-state index contributed by atoms with van der Waals surface area (Å²) in [5, 5.41) is 10.5. The Morgan fingerprint density at radius 2 is 1.05 bits per heavy atom. The molecule has 0 saturated carbocycles. The standard InChI is InChI=1S/C27H25F2N5O2.C24H18F2N4O2.C9H17ClO2/c28-22-11-19(15-36-9-3-8-30)20(12-23(22)29)16-6-7-24-21(10-16)25(33-27(31)32-24)26(35)34-13-17-4-1-2-5-18(17)14-34;25-19-8-16(12-31)17(9-20(19)26)13-5-6-21-18(7-13)22(29-24(27)28-21)23(32)30-10-14-3-1-2-4-15(14)11-30;1-9(2,3)12-8(11)6-4-5-7-10/h1-2,4-7,10-12H,3,8-9,13-15,30H2,(H2,31,32,33);1-9,31H,10-12H2,(H2,27,28,29);4-7H2,1-3H3. The molecule has 2 aliphatic rings. The number of rotatable bonds is 14. The Bertz CT molecular complexity index is 3550. The number of nitrogens with zero attached hydrogens (tertiary/aromatic N) is 6. The molecule has 0 aliphatic carbocycles. The number of carbonyl (C=O) groups excluding carboxylic acids is 3. The van der Waals surface area contributed by atoms with Gasteiger partial charge >= 0.3 is 5.97 Å². The van der Waals surface area contributed by atoms with Crippen molar-refractivity contribution in [3.8, 4) is 22.3 Å². The molecule has 0 unspecified atom stereocenters. The van der Waals surface area contributed by atoms with Crippen LogP contribution in [-0.2, 0) is 53.7 Å². The van der Waals surface area contributed by atoms with E-state index in [4.69, 9.17) is 38.3 Å². The summed E-state index contributed by atoms with van der Waals surface area (Å²) >= 11 is 5.47. The fraction of sp³-hybridized carbons (Fsp3) is 0.283. The van der Waals surface area contributed by atoms with Gasteiger partial charge in [0, 0.05) is 55.9 Å². The molecule has 2 amide bonds. The average molecular weight is 1110 g/mol. The third-order valence-electron chi connectivity index (χ3n) is 13.1. The Labute approximate surface area is 464 Å². The van der Waals surface area contributed by atoms with Crippen LogP contribution in [0.4, 0.5) is 29.5 Å². The molecular formula is C60H60ClF4N9O6. The lowest BCUT2D eigenvalue weighted by molar-refractivity contribution is -0.154. The van der Waals surface area contributed by atoms with Crippen LogP contribution in [0.15, 0.2) is 109 Å². The molecule has 80 heavy (non-hydrogen) atoms. The zero-order chi connectivity index (χ0) is 57.3. The van der Waals surface area contributed by atoms with Crippen molar-refractivity contribution in [1.29, 1.82) is 0 Å². The second-order valence-corrected chi connectivity index (χ2v) is 20.5. The van der Waals surface area contributed by atoms with Crippen LogP contribution in [0, 0.1) is 23.3 Å². The minimum absolute atomic E-state index is 0.0165. The van der Waals surface area contributed by atoms with Gasteiger partial charge in [-0.15, -0.1) is 11.6 Å². The molecule has 15 nitrogen and oxygen atoms in total. The number of unbranched alkanes of at least 4 members (excludes halogenated alkanes) is 1. The van der Waals surface area contributed by atoms with Gasteiger partial charge in [-0.25, -0.2) is 37.5 Å². The number of alkyl halides is 1. The number of hydrogen-bond donors (Lipinski definition) is 4. The van der Waals surface area contributed by atoms with Gasteiger partial charge in [-0.3, -0.25) is 14.4 Å². The highest BCUT2D eigenvalue weighted by molar-refractivity contribution is 6.17. The number of carbonyl (C=O) groups is 3. The molecule has 0 saturated heterocycles. The number of halogens is 5. The maximum atomic E-state index is 14.3. The molecule has 2 aromatic heterocycles. The van der Waals surface area contributed by atoms with E-state index in [-0.39, 0.29) is 58.8 Å². The smallest absolute Gasteiger partial charge is 0.306 e. The number of nitrogens with two attached hydrogens (primary N) is 3. The molecule has 6 aromatic carbocycles. The van der Waals surface area contributed by atoms with Crippen LogP contribution < -0.4 is 17.2 Å². The molecule has 10 rings (SSSR count). The van der Waals surface area contributed by atoms with Crippen LogP contribution in [0.3, 0.4) is 0 Å². The van der Waals surface area contributed by atoms with Crippen LogP contribution in [0.5, 0.6) is 0 Å². The number of amides is 2. The lowest BCUT2D eigenvalue weighted by Gasteiger charge is -2.19.